The van der Waals surface area contributed by atoms with Gasteiger partial charge in [0.05, 0.1) is 5.69 Å². The van der Waals surface area contributed by atoms with E-state index in [-0.39, 0.29) is 0 Å². The number of nitrogens with zero attached hydrogens (tertiary/aromatic N) is 2. The van der Waals surface area contributed by atoms with E-state index in [0.29, 0.717) is 6.04 Å². The topological polar surface area (TPSA) is 38.5 Å². The van der Waals surface area contributed by atoms with Gasteiger partial charge in [-0.15, -0.1) is 0 Å². The predicted molar refractivity (Wildman–Crippen MR) is 86.7 cm³/mol. The van der Waals surface area contributed by atoms with Crippen molar-refractivity contribution in [2.75, 3.05) is 20.3 Å². The second kappa shape index (κ2) is 6.63. The summed E-state index contributed by atoms with van der Waals surface area (Å²) in [7, 11) is 2.16. The van der Waals surface area contributed by atoms with Crippen LogP contribution < -0.4 is 0 Å². The summed E-state index contributed by atoms with van der Waals surface area (Å²) in [6.45, 7) is 6.63. The fraction of sp³-hybridized carbons (Fsp3) is 0.500. The summed E-state index contributed by atoms with van der Waals surface area (Å²) in [5.41, 5.74) is 3.29. The molecular weight excluding hydrogens is 276 g/mol. The van der Waals surface area contributed by atoms with Gasteiger partial charge in [-0.25, -0.2) is 4.98 Å². The lowest BCUT2D eigenvalue weighted by Gasteiger charge is -2.30. The smallest absolute Gasteiger partial charge is 0.226 e. The van der Waals surface area contributed by atoms with Crippen molar-refractivity contribution in [3.63, 3.8) is 0 Å². The number of benzene rings is 1. The Labute approximate surface area is 132 Å². The molecule has 1 saturated heterocycles. The van der Waals surface area contributed by atoms with Crippen LogP contribution in [0.25, 0.3) is 11.5 Å². The highest BCUT2D eigenvalue weighted by Crippen LogP contribution is 2.24. The second-order valence-electron chi connectivity index (χ2n) is 6.15. The van der Waals surface area contributed by atoms with Crippen molar-refractivity contribution < 1.29 is 9.15 Å². The van der Waals surface area contributed by atoms with Crippen LogP contribution in [0, 0.1) is 13.8 Å². The summed E-state index contributed by atoms with van der Waals surface area (Å²) in [6, 6.07) is 8.85. The minimum atomic E-state index is 0.576. The number of oxazole rings is 1. The van der Waals surface area contributed by atoms with E-state index in [0.717, 1.165) is 55.5 Å². The molecule has 4 heteroatoms. The van der Waals surface area contributed by atoms with E-state index in [1.54, 1.807) is 0 Å². The number of hydrogen-bond donors (Lipinski definition) is 0. The van der Waals surface area contributed by atoms with Crippen molar-refractivity contribution in [2.24, 2.45) is 0 Å². The quantitative estimate of drug-likeness (QED) is 0.865. The van der Waals surface area contributed by atoms with Crippen LogP contribution in [-0.4, -0.2) is 36.2 Å². The molecule has 0 unspecified atom stereocenters. The third-order valence-electron chi connectivity index (χ3n) is 4.37. The first-order valence-electron chi connectivity index (χ1n) is 7.95. The molecule has 0 spiro atoms. The summed E-state index contributed by atoms with van der Waals surface area (Å²) >= 11 is 0. The second-order valence-corrected chi connectivity index (χ2v) is 6.15. The van der Waals surface area contributed by atoms with Crippen molar-refractivity contribution >= 4 is 0 Å². The molecule has 2 aromatic rings. The third-order valence-corrected chi connectivity index (χ3v) is 4.37. The number of aromatic nitrogens is 1. The van der Waals surface area contributed by atoms with E-state index < -0.39 is 0 Å². The average Bonchev–Trinajstić information content (AvgIpc) is 2.89. The minimum absolute atomic E-state index is 0.576. The van der Waals surface area contributed by atoms with E-state index >= 15 is 0 Å². The standard InChI is InChI=1S/C18H24N2O2/c1-13-5-4-6-15(11-13)18-19-17(14(2)22-18)12-20(3)16-7-9-21-10-8-16/h4-6,11,16H,7-10,12H2,1-3H3. The van der Waals surface area contributed by atoms with Gasteiger partial charge in [0, 0.05) is 31.4 Å². The van der Waals surface area contributed by atoms with Gasteiger partial charge in [-0.05, 0) is 45.9 Å². The maximum absolute atomic E-state index is 5.88. The molecule has 1 aromatic heterocycles. The molecule has 0 amide bonds. The Hall–Kier alpha value is -1.65. The SMILES string of the molecule is Cc1cccc(-c2nc(CN(C)C3CCOCC3)c(C)o2)c1. The molecule has 118 valence electrons. The first kappa shape index (κ1) is 15.3. The summed E-state index contributed by atoms with van der Waals surface area (Å²) in [4.78, 5) is 7.08. The van der Waals surface area contributed by atoms with Gasteiger partial charge in [0.15, 0.2) is 0 Å². The van der Waals surface area contributed by atoms with Gasteiger partial charge >= 0.3 is 0 Å². The molecule has 0 saturated carbocycles. The van der Waals surface area contributed by atoms with Crippen LogP contribution in [0.3, 0.4) is 0 Å². The van der Waals surface area contributed by atoms with E-state index in [4.69, 9.17) is 14.1 Å². The number of aryl methyl sites for hydroxylation is 2. The Kier molecular flexibility index (Phi) is 4.60. The molecule has 3 rings (SSSR count). The molecule has 1 fully saturated rings. The van der Waals surface area contributed by atoms with Crippen molar-refractivity contribution in [2.45, 2.75) is 39.3 Å². The van der Waals surface area contributed by atoms with Crippen LogP contribution in [0.1, 0.15) is 29.9 Å². The Balaban J connectivity index is 1.74. The predicted octanol–water partition coefficient (Wildman–Crippen LogP) is 3.57. The zero-order valence-corrected chi connectivity index (χ0v) is 13.6. The lowest BCUT2D eigenvalue weighted by atomic mass is 10.1. The van der Waals surface area contributed by atoms with Gasteiger partial charge in [-0.1, -0.05) is 17.7 Å². The maximum atomic E-state index is 5.88. The maximum Gasteiger partial charge on any atom is 0.226 e. The van der Waals surface area contributed by atoms with E-state index in [1.165, 1.54) is 5.56 Å². The summed E-state index contributed by atoms with van der Waals surface area (Å²) in [5.74, 6) is 1.63. The van der Waals surface area contributed by atoms with Crippen LogP contribution in [0.15, 0.2) is 28.7 Å². The lowest BCUT2D eigenvalue weighted by Crippen LogP contribution is -2.36. The van der Waals surface area contributed by atoms with Crippen molar-refractivity contribution in [3.05, 3.63) is 41.3 Å². The van der Waals surface area contributed by atoms with E-state index in [9.17, 15) is 0 Å². The van der Waals surface area contributed by atoms with Crippen LogP contribution in [0.4, 0.5) is 0 Å². The van der Waals surface area contributed by atoms with Gasteiger partial charge in [0.1, 0.15) is 5.76 Å². The highest BCUT2D eigenvalue weighted by Gasteiger charge is 2.21. The van der Waals surface area contributed by atoms with Crippen molar-refractivity contribution in [1.29, 1.82) is 0 Å². The van der Waals surface area contributed by atoms with Gasteiger partial charge in [0.2, 0.25) is 5.89 Å². The normalized spacial score (nSPS) is 16.4. The molecule has 0 aliphatic carbocycles. The Morgan fingerprint density at radius 1 is 1.23 bits per heavy atom. The van der Waals surface area contributed by atoms with Crippen LogP contribution in [0.2, 0.25) is 0 Å². The lowest BCUT2D eigenvalue weighted by molar-refractivity contribution is 0.0402. The fourth-order valence-corrected chi connectivity index (χ4v) is 2.97. The highest BCUT2D eigenvalue weighted by atomic mass is 16.5. The fourth-order valence-electron chi connectivity index (χ4n) is 2.97. The van der Waals surface area contributed by atoms with Crippen LogP contribution in [0.5, 0.6) is 0 Å². The number of hydrogen-bond acceptors (Lipinski definition) is 4. The zero-order valence-electron chi connectivity index (χ0n) is 13.6. The first-order valence-corrected chi connectivity index (χ1v) is 7.95. The van der Waals surface area contributed by atoms with Gasteiger partial charge in [0.25, 0.3) is 0 Å². The molecule has 22 heavy (non-hydrogen) atoms. The van der Waals surface area contributed by atoms with Gasteiger partial charge in [-0.2, -0.15) is 0 Å². The first-order chi connectivity index (χ1) is 10.6. The molecule has 1 aromatic carbocycles. The summed E-state index contributed by atoms with van der Waals surface area (Å²) in [5, 5.41) is 0. The van der Waals surface area contributed by atoms with Crippen molar-refractivity contribution in [1.82, 2.24) is 9.88 Å². The molecular formula is C18H24N2O2. The molecule has 0 N–H and O–H groups in total. The Bertz CT molecular complexity index is 630. The van der Waals surface area contributed by atoms with E-state index in [1.807, 2.05) is 19.1 Å². The highest BCUT2D eigenvalue weighted by molar-refractivity contribution is 5.54. The van der Waals surface area contributed by atoms with Gasteiger partial charge in [-0.3, -0.25) is 4.90 Å². The van der Waals surface area contributed by atoms with Crippen LogP contribution >= 0.6 is 0 Å². The molecule has 1 aliphatic heterocycles. The molecule has 0 atom stereocenters. The molecule has 4 nitrogen and oxygen atoms in total. The van der Waals surface area contributed by atoms with E-state index in [2.05, 4.69) is 31.0 Å². The molecule has 1 aliphatic rings. The van der Waals surface area contributed by atoms with Crippen molar-refractivity contribution in [3.8, 4) is 11.5 Å². The zero-order chi connectivity index (χ0) is 15.5. The summed E-state index contributed by atoms with van der Waals surface area (Å²) < 4.78 is 11.3. The third kappa shape index (κ3) is 3.39. The van der Waals surface area contributed by atoms with Gasteiger partial charge < -0.3 is 9.15 Å². The number of rotatable bonds is 4. The molecule has 2 heterocycles. The number of ether oxygens (including phenoxy) is 1. The Morgan fingerprint density at radius 2 is 2.00 bits per heavy atom. The monoisotopic (exact) mass is 300 g/mol. The minimum Gasteiger partial charge on any atom is -0.441 e. The summed E-state index contributed by atoms with van der Waals surface area (Å²) in [6.07, 6.45) is 2.19. The largest absolute Gasteiger partial charge is 0.441 e. The molecule has 0 bridgehead atoms. The van der Waals surface area contributed by atoms with Crippen LogP contribution in [-0.2, 0) is 11.3 Å². The average molecular weight is 300 g/mol. The Morgan fingerprint density at radius 3 is 2.73 bits per heavy atom. The molecule has 0 radical (unpaired) electrons.